The van der Waals surface area contributed by atoms with Crippen LogP contribution in [0.2, 0.25) is 0 Å². The van der Waals surface area contributed by atoms with Crippen molar-refractivity contribution in [2.45, 2.75) is 31.7 Å². The van der Waals surface area contributed by atoms with Gasteiger partial charge < -0.3 is 15.2 Å². The molecule has 0 unspecified atom stereocenters. The van der Waals surface area contributed by atoms with Gasteiger partial charge in [-0.15, -0.1) is 0 Å². The second-order valence-electron chi connectivity index (χ2n) is 5.50. The van der Waals surface area contributed by atoms with E-state index in [0.29, 0.717) is 11.7 Å². The average Bonchev–Trinajstić information content (AvgIpc) is 3.08. The molecule has 1 aromatic heterocycles. The molecule has 0 aromatic carbocycles. The summed E-state index contributed by atoms with van der Waals surface area (Å²) >= 11 is 0. The normalized spacial score (nSPS) is 21.2. The molecule has 0 spiro atoms. The molecule has 1 saturated heterocycles. The predicted octanol–water partition coefficient (Wildman–Crippen LogP) is 1.62. The molecule has 2 N–H and O–H groups in total. The van der Waals surface area contributed by atoms with E-state index >= 15 is 0 Å². The van der Waals surface area contributed by atoms with E-state index in [0.717, 1.165) is 31.8 Å². The zero-order chi connectivity index (χ0) is 12.4. The predicted molar refractivity (Wildman–Crippen MR) is 70.4 cm³/mol. The summed E-state index contributed by atoms with van der Waals surface area (Å²) < 4.78 is 0. The fourth-order valence-electron chi connectivity index (χ4n) is 2.58. The highest BCUT2D eigenvalue weighted by Gasteiger charge is 2.26. The van der Waals surface area contributed by atoms with Crippen LogP contribution >= 0.6 is 0 Å². The molecule has 98 valence electrons. The lowest BCUT2D eigenvalue weighted by Crippen LogP contribution is -2.45. The molecule has 2 heterocycles. The Morgan fingerprint density at radius 1 is 1.33 bits per heavy atom. The molecular weight excluding hydrogens is 226 g/mol. The van der Waals surface area contributed by atoms with E-state index in [1.54, 1.807) is 6.20 Å². The second kappa shape index (κ2) is 5.14. The third kappa shape index (κ3) is 2.75. The summed E-state index contributed by atoms with van der Waals surface area (Å²) in [5, 5.41) is 3.63. The van der Waals surface area contributed by atoms with Crippen molar-refractivity contribution in [2.75, 3.05) is 19.6 Å². The van der Waals surface area contributed by atoms with Crippen molar-refractivity contribution in [1.82, 2.24) is 15.2 Å². The van der Waals surface area contributed by atoms with Crippen LogP contribution < -0.4 is 5.32 Å². The first-order chi connectivity index (χ1) is 8.83. The van der Waals surface area contributed by atoms with E-state index in [2.05, 4.69) is 10.3 Å². The molecule has 18 heavy (non-hydrogen) atoms. The van der Waals surface area contributed by atoms with Crippen LogP contribution in [-0.4, -0.2) is 41.5 Å². The van der Waals surface area contributed by atoms with Crippen LogP contribution in [0.5, 0.6) is 0 Å². The van der Waals surface area contributed by atoms with Crippen molar-refractivity contribution >= 4 is 5.91 Å². The third-order valence-electron chi connectivity index (χ3n) is 4.00. The Bertz CT molecular complexity index is 389. The van der Waals surface area contributed by atoms with Gasteiger partial charge in [0, 0.05) is 25.3 Å². The van der Waals surface area contributed by atoms with Crippen molar-refractivity contribution in [3.05, 3.63) is 24.0 Å². The second-order valence-corrected chi connectivity index (χ2v) is 5.50. The fraction of sp³-hybridized carbons (Fsp3) is 0.643. The number of piperidine rings is 1. The van der Waals surface area contributed by atoms with Gasteiger partial charge in [0.05, 0.1) is 0 Å². The summed E-state index contributed by atoms with van der Waals surface area (Å²) in [7, 11) is 0. The standard InChI is InChI=1S/C14H21N3O/c18-14(13-2-1-7-15-13)17-8-5-12(6-9-17)16-10-11-3-4-11/h1-2,7,11-12,15-16H,3-6,8-10H2. The Labute approximate surface area is 108 Å². The van der Waals surface area contributed by atoms with Gasteiger partial charge >= 0.3 is 0 Å². The fourth-order valence-corrected chi connectivity index (χ4v) is 2.58. The van der Waals surface area contributed by atoms with Crippen LogP contribution in [-0.2, 0) is 0 Å². The first-order valence-corrected chi connectivity index (χ1v) is 6.99. The third-order valence-corrected chi connectivity index (χ3v) is 4.00. The summed E-state index contributed by atoms with van der Waals surface area (Å²) in [5.41, 5.74) is 0.708. The smallest absolute Gasteiger partial charge is 0.270 e. The lowest BCUT2D eigenvalue weighted by atomic mass is 10.0. The van der Waals surface area contributed by atoms with Gasteiger partial charge in [-0.1, -0.05) is 0 Å². The van der Waals surface area contributed by atoms with Crippen LogP contribution in [0.25, 0.3) is 0 Å². The molecule has 1 aromatic rings. The first-order valence-electron chi connectivity index (χ1n) is 6.99. The Balaban J connectivity index is 1.45. The number of carbonyl (C=O) groups excluding carboxylic acids is 1. The van der Waals surface area contributed by atoms with Gasteiger partial charge in [-0.05, 0) is 50.3 Å². The van der Waals surface area contributed by atoms with Gasteiger partial charge in [-0.3, -0.25) is 4.79 Å². The van der Waals surface area contributed by atoms with Gasteiger partial charge in [0.1, 0.15) is 5.69 Å². The summed E-state index contributed by atoms with van der Waals surface area (Å²) in [6.45, 7) is 2.93. The number of hydrogen-bond acceptors (Lipinski definition) is 2. The number of likely N-dealkylation sites (tertiary alicyclic amines) is 1. The number of amides is 1. The van der Waals surface area contributed by atoms with Crippen molar-refractivity contribution in [1.29, 1.82) is 0 Å². The molecule has 1 aliphatic carbocycles. The summed E-state index contributed by atoms with van der Waals surface area (Å²) in [6, 6.07) is 4.33. The minimum absolute atomic E-state index is 0.139. The van der Waals surface area contributed by atoms with Crippen molar-refractivity contribution in [2.24, 2.45) is 5.92 Å². The first kappa shape index (κ1) is 11.8. The molecule has 0 atom stereocenters. The number of aromatic amines is 1. The molecule has 2 fully saturated rings. The van der Waals surface area contributed by atoms with Crippen LogP contribution in [0.4, 0.5) is 0 Å². The molecule has 2 aliphatic rings. The number of aromatic nitrogens is 1. The van der Waals surface area contributed by atoms with Gasteiger partial charge in [0.25, 0.3) is 5.91 Å². The van der Waals surface area contributed by atoms with E-state index in [9.17, 15) is 4.79 Å². The highest BCUT2D eigenvalue weighted by atomic mass is 16.2. The molecule has 4 heteroatoms. The van der Waals surface area contributed by atoms with Crippen LogP contribution in [0.3, 0.4) is 0 Å². The van der Waals surface area contributed by atoms with E-state index in [4.69, 9.17) is 0 Å². The van der Waals surface area contributed by atoms with Crippen LogP contribution in [0.1, 0.15) is 36.2 Å². The molecule has 4 nitrogen and oxygen atoms in total. The topological polar surface area (TPSA) is 48.1 Å². The number of carbonyl (C=O) groups is 1. The van der Waals surface area contributed by atoms with Crippen LogP contribution in [0.15, 0.2) is 18.3 Å². The number of nitrogens with zero attached hydrogens (tertiary/aromatic N) is 1. The Hall–Kier alpha value is -1.29. The number of hydrogen-bond donors (Lipinski definition) is 2. The lowest BCUT2D eigenvalue weighted by molar-refractivity contribution is 0.0700. The molecule has 1 aliphatic heterocycles. The maximum absolute atomic E-state index is 12.1. The summed E-state index contributed by atoms with van der Waals surface area (Å²) in [5.74, 6) is 1.07. The van der Waals surface area contributed by atoms with Crippen LogP contribution in [0, 0.1) is 5.92 Å². The van der Waals surface area contributed by atoms with E-state index in [-0.39, 0.29) is 5.91 Å². The van der Waals surface area contributed by atoms with Crippen molar-refractivity contribution in [3.63, 3.8) is 0 Å². The minimum atomic E-state index is 0.139. The zero-order valence-electron chi connectivity index (χ0n) is 10.7. The van der Waals surface area contributed by atoms with Gasteiger partial charge in [0.2, 0.25) is 0 Å². The largest absolute Gasteiger partial charge is 0.357 e. The van der Waals surface area contributed by atoms with Crippen molar-refractivity contribution in [3.8, 4) is 0 Å². The molecule has 1 saturated carbocycles. The molecular formula is C14H21N3O. The SMILES string of the molecule is O=C(c1ccc[nH]1)N1CCC(NCC2CC2)CC1. The Morgan fingerprint density at radius 2 is 2.11 bits per heavy atom. The summed E-state index contributed by atoms with van der Waals surface area (Å²) in [6.07, 6.45) is 6.77. The van der Waals surface area contributed by atoms with Gasteiger partial charge in [-0.25, -0.2) is 0 Å². The van der Waals surface area contributed by atoms with E-state index in [1.807, 2.05) is 17.0 Å². The van der Waals surface area contributed by atoms with E-state index < -0.39 is 0 Å². The van der Waals surface area contributed by atoms with Gasteiger partial charge in [-0.2, -0.15) is 0 Å². The quantitative estimate of drug-likeness (QED) is 0.849. The maximum atomic E-state index is 12.1. The molecule has 0 radical (unpaired) electrons. The monoisotopic (exact) mass is 247 g/mol. The summed E-state index contributed by atoms with van der Waals surface area (Å²) in [4.78, 5) is 17.1. The zero-order valence-corrected chi connectivity index (χ0v) is 10.7. The molecule has 0 bridgehead atoms. The lowest BCUT2D eigenvalue weighted by Gasteiger charge is -2.32. The number of rotatable bonds is 4. The highest BCUT2D eigenvalue weighted by molar-refractivity contribution is 5.92. The maximum Gasteiger partial charge on any atom is 0.270 e. The highest BCUT2D eigenvalue weighted by Crippen LogP contribution is 2.28. The number of H-pyrrole nitrogens is 1. The Kier molecular flexibility index (Phi) is 3.37. The van der Waals surface area contributed by atoms with Gasteiger partial charge in [0.15, 0.2) is 0 Å². The Morgan fingerprint density at radius 3 is 2.72 bits per heavy atom. The number of nitrogens with one attached hydrogen (secondary N) is 2. The van der Waals surface area contributed by atoms with Crippen molar-refractivity contribution < 1.29 is 4.79 Å². The molecule has 1 amide bonds. The average molecular weight is 247 g/mol. The minimum Gasteiger partial charge on any atom is -0.357 e. The molecule has 3 rings (SSSR count). The van der Waals surface area contributed by atoms with E-state index in [1.165, 1.54) is 19.4 Å².